The van der Waals surface area contributed by atoms with Crippen molar-refractivity contribution in [2.45, 2.75) is 57.2 Å². The molecular weight excluding hydrogens is 364 g/mol. The highest BCUT2D eigenvalue weighted by Gasteiger charge is 2.35. The molecule has 2 aliphatic heterocycles. The smallest absolute Gasteiger partial charge is 0.168 e. The first-order chi connectivity index (χ1) is 13.9. The van der Waals surface area contributed by atoms with E-state index in [1.807, 2.05) is 0 Å². The van der Waals surface area contributed by atoms with Crippen molar-refractivity contribution in [1.82, 2.24) is 0 Å². The molecule has 2 heterocycles. The summed E-state index contributed by atoms with van der Waals surface area (Å²) < 4.78 is 40.1. The molecule has 1 spiro atoms. The maximum Gasteiger partial charge on any atom is 0.168 e. The van der Waals surface area contributed by atoms with Crippen molar-refractivity contribution in [3.63, 3.8) is 0 Å². The van der Waals surface area contributed by atoms with Gasteiger partial charge in [0.25, 0.3) is 0 Å². The van der Waals surface area contributed by atoms with Crippen molar-refractivity contribution in [3.05, 3.63) is 0 Å². The van der Waals surface area contributed by atoms with Crippen LogP contribution in [-0.2, 0) is 33.2 Å². The van der Waals surface area contributed by atoms with Crippen molar-refractivity contribution < 1.29 is 33.2 Å². The van der Waals surface area contributed by atoms with Gasteiger partial charge in [-0.25, -0.2) is 0 Å². The first kappa shape index (κ1) is 24.0. The first-order valence-corrected chi connectivity index (χ1v) is 11.1. The van der Waals surface area contributed by atoms with Crippen LogP contribution in [-0.4, -0.2) is 85.1 Å². The van der Waals surface area contributed by atoms with Crippen LogP contribution < -0.4 is 0 Å². The molecule has 0 aromatic rings. The molecule has 0 radical (unpaired) electrons. The molecule has 0 aromatic heterocycles. The normalized spacial score (nSPS) is 26.6. The zero-order chi connectivity index (χ0) is 19.6. The lowest BCUT2D eigenvalue weighted by atomic mass is 10.1. The van der Waals surface area contributed by atoms with E-state index in [9.17, 15) is 0 Å². The predicted molar refractivity (Wildman–Crippen MR) is 106 cm³/mol. The molecule has 0 saturated carbocycles. The van der Waals surface area contributed by atoms with Crippen LogP contribution in [0.3, 0.4) is 0 Å². The molecule has 0 bridgehead atoms. The number of hydrogen-bond donors (Lipinski definition) is 0. The fraction of sp³-hybridized carbons (Fsp3) is 1.00. The fourth-order valence-corrected chi connectivity index (χ4v) is 3.36. The Labute approximate surface area is 170 Å². The molecule has 2 fully saturated rings. The first-order valence-electron chi connectivity index (χ1n) is 11.1. The summed E-state index contributed by atoms with van der Waals surface area (Å²) in [5, 5.41) is 0. The average Bonchev–Trinajstić information content (AvgIpc) is 3.17. The van der Waals surface area contributed by atoms with Gasteiger partial charge in [-0.2, -0.15) is 0 Å². The summed E-state index contributed by atoms with van der Waals surface area (Å²) in [6.07, 6.45) is 7.34. The maximum absolute atomic E-state index is 5.92. The molecule has 0 aromatic carbocycles. The number of ether oxygens (including phenoxy) is 7. The Morgan fingerprint density at radius 1 is 0.321 bits per heavy atom. The van der Waals surface area contributed by atoms with E-state index in [1.54, 1.807) is 0 Å². The summed E-state index contributed by atoms with van der Waals surface area (Å²) >= 11 is 0. The summed E-state index contributed by atoms with van der Waals surface area (Å²) in [5.74, 6) is -0.436. The van der Waals surface area contributed by atoms with E-state index in [0.717, 1.165) is 117 Å². The maximum atomic E-state index is 5.92. The second kappa shape index (κ2) is 16.5. The molecule has 7 heteroatoms. The Kier molecular flexibility index (Phi) is 14.1. The summed E-state index contributed by atoms with van der Waals surface area (Å²) in [5.41, 5.74) is 0. The minimum Gasteiger partial charge on any atom is -0.381 e. The van der Waals surface area contributed by atoms with E-state index in [2.05, 4.69) is 0 Å². The molecule has 0 N–H and O–H groups in total. The highest BCUT2D eigenvalue weighted by atomic mass is 16.7. The zero-order valence-electron chi connectivity index (χ0n) is 17.5. The quantitative estimate of drug-likeness (QED) is 0.615. The largest absolute Gasteiger partial charge is 0.381 e. The Balaban J connectivity index is 1.62. The van der Waals surface area contributed by atoms with Crippen molar-refractivity contribution >= 4 is 0 Å². The second-order valence-electron chi connectivity index (χ2n) is 7.29. The van der Waals surface area contributed by atoms with E-state index < -0.39 is 5.79 Å². The molecule has 2 rings (SSSR count). The molecule has 7 nitrogen and oxygen atoms in total. The van der Waals surface area contributed by atoms with Gasteiger partial charge >= 0.3 is 0 Å². The van der Waals surface area contributed by atoms with Crippen LogP contribution in [0.15, 0.2) is 0 Å². The van der Waals surface area contributed by atoms with Crippen LogP contribution in [0.25, 0.3) is 0 Å². The molecule has 0 amide bonds. The summed E-state index contributed by atoms with van der Waals surface area (Å²) in [6, 6.07) is 0. The SMILES string of the molecule is C1COCCCOCCCOCCCC2(CCCOCCCOC1)OCCO2. The van der Waals surface area contributed by atoms with Crippen LogP contribution in [0.2, 0.25) is 0 Å². The van der Waals surface area contributed by atoms with Crippen LogP contribution in [0.1, 0.15) is 51.4 Å². The number of hydrogen-bond acceptors (Lipinski definition) is 7. The van der Waals surface area contributed by atoms with Crippen molar-refractivity contribution in [1.29, 1.82) is 0 Å². The van der Waals surface area contributed by atoms with E-state index in [-0.39, 0.29) is 0 Å². The minimum atomic E-state index is -0.436. The van der Waals surface area contributed by atoms with Gasteiger partial charge in [0, 0.05) is 78.9 Å². The van der Waals surface area contributed by atoms with E-state index in [4.69, 9.17) is 33.2 Å². The third-order valence-electron chi connectivity index (χ3n) is 4.82. The highest BCUT2D eigenvalue weighted by Crippen LogP contribution is 2.30. The van der Waals surface area contributed by atoms with Gasteiger partial charge < -0.3 is 33.2 Å². The van der Waals surface area contributed by atoms with Gasteiger partial charge in [0.05, 0.1) is 13.2 Å². The van der Waals surface area contributed by atoms with Gasteiger partial charge in [-0.05, 0) is 38.5 Å². The molecular formula is C21H40O7. The minimum absolute atomic E-state index is 0.436. The topological polar surface area (TPSA) is 64.6 Å². The lowest BCUT2D eigenvalue weighted by Gasteiger charge is -2.27. The standard InChI is InChI=1S/C21H40O7/c1-7-21(27-19-20-28-21)8-2-10-23-12-4-14-25-16-6-18-26-17-5-15-24-13-3-11-22-9-1/h1-20H2. The third-order valence-corrected chi connectivity index (χ3v) is 4.82. The average molecular weight is 405 g/mol. The van der Waals surface area contributed by atoms with Crippen molar-refractivity contribution in [3.8, 4) is 0 Å². The number of rotatable bonds is 0. The van der Waals surface area contributed by atoms with Gasteiger partial charge in [0.1, 0.15) is 0 Å². The summed E-state index contributed by atoms with van der Waals surface area (Å²) in [6.45, 7) is 8.76. The van der Waals surface area contributed by atoms with E-state index in [0.29, 0.717) is 13.2 Å². The molecule has 2 saturated heterocycles. The lowest BCUT2D eigenvalue weighted by molar-refractivity contribution is -0.171. The van der Waals surface area contributed by atoms with Gasteiger partial charge in [0.15, 0.2) is 5.79 Å². The third kappa shape index (κ3) is 11.7. The van der Waals surface area contributed by atoms with E-state index in [1.165, 1.54) is 0 Å². The van der Waals surface area contributed by atoms with Crippen LogP contribution in [0.5, 0.6) is 0 Å². The molecule has 0 atom stereocenters. The van der Waals surface area contributed by atoms with E-state index >= 15 is 0 Å². The van der Waals surface area contributed by atoms with Crippen LogP contribution >= 0.6 is 0 Å². The van der Waals surface area contributed by atoms with Crippen molar-refractivity contribution in [2.75, 3.05) is 79.3 Å². The van der Waals surface area contributed by atoms with Gasteiger partial charge in [-0.1, -0.05) is 0 Å². The monoisotopic (exact) mass is 404 g/mol. The molecule has 0 unspecified atom stereocenters. The Hall–Kier alpha value is -0.280. The lowest BCUT2D eigenvalue weighted by Crippen LogP contribution is -2.31. The summed E-state index contributed by atoms with van der Waals surface area (Å²) in [7, 11) is 0. The van der Waals surface area contributed by atoms with Gasteiger partial charge in [-0.3, -0.25) is 0 Å². The predicted octanol–water partition coefficient (Wildman–Crippen LogP) is 2.95. The zero-order valence-corrected chi connectivity index (χ0v) is 17.5. The van der Waals surface area contributed by atoms with Crippen molar-refractivity contribution in [2.24, 2.45) is 0 Å². The van der Waals surface area contributed by atoms with Gasteiger partial charge in [0.2, 0.25) is 0 Å². The molecule has 2 aliphatic rings. The second-order valence-corrected chi connectivity index (χ2v) is 7.29. The Morgan fingerprint density at radius 3 is 0.929 bits per heavy atom. The van der Waals surface area contributed by atoms with Gasteiger partial charge in [-0.15, -0.1) is 0 Å². The molecule has 0 aliphatic carbocycles. The fourth-order valence-electron chi connectivity index (χ4n) is 3.36. The van der Waals surface area contributed by atoms with Crippen LogP contribution in [0, 0.1) is 0 Å². The Bertz CT molecular complexity index is 322. The highest BCUT2D eigenvalue weighted by molar-refractivity contribution is 4.74. The Morgan fingerprint density at radius 2 is 0.607 bits per heavy atom. The summed E-state index contributed by atoms with van der Waals surface area (Å²) in [4.78, 5) is 0. The van der Waals surface area contributed by atoms with Crippen LogP contribution in [0.4, 0.5) is 0 Å². The molecule has 166 valence electrons. The molecule has 28 heavy (non-hydrogen) atoms.